The van der Waals surface area contributed by atoms with E-state index >= 15 is 0 Å². The molecule has 0 aliphatic carbocycles. The molecule has 0 saturated heterocycles. The number of hydrogen-bond donors (Lipinski definition) is 1. The average Bonchev–Trinajstić information content (AvgIpc) is 3.04. The molecule has 0 unspecified atom stereocenters. The number of carbonyl (C=O) groups excluding carboxylic acids is 3. The number of carbonyl (C=O) groups is 3. The summed E-state index contributed by atoms with van der Waals surface area (Å²) < 4.78 is 16.1. The number of amides is 1. The molecule has 2 heterocycles. The first kappa shape index (κ1) is 22.1. The quantitative estimate of drug-likeness (QED) is 0.646. The van der Waals surface area contributed by atoms with Crippen LogP contribution in [-0.4, -0.2) is 47.2 Å². The summed E-state index contributed by atoms with van der Waals surface area (Å²) in [6, 6.07) is -0.837. The van der Waals surface area contributed by atoms with Crippen molar-refractivity contribution in [2.75, 3.05) is 13.7 Å². The first-order valence-electron chi connectivity index (χ1n) is 9.27. The molecule has 2 rings (SSSR count). The van der Waals surface area contributed by atoms with Crippen molar-refractivity contribution in [1.82, 2.24) is 14.9 Å². The van der Waals surface area contributed by atoms with Crippen molar-refractivity contribution >= 4 is 28.9 Å². The van der Waals surface area contributed by atoms with Crippen molar-refractivity contribution in [2.24, 2.45) is 5.92 Å². The van der Waals surface area contributed by atoms with Gasteiger partial charge in [-0.2, -0.15) is 0 Å². The molecule has 0 aromatic carbocycles. The number of rotatable bonds is 8. The fraction of sp³-hybridized carbons (Fsp3) is 0.526. The third-order valence-electron chi connectivity index (χ3n) is 4.63. The van der Waals surface area contributed by atoms with E-state index < -0.39 is 36.0 Å². The van der Waals surface area contributed by atoms with Crippen LogP contribution < -0.4 is 10.9 Å². The molecule has 2 aromatic heterocycles. The van der Waals surface area contributed by atoms with Gasteiger partial charge in [0, 0.05) is 0 Å². The topological polar surface area (TPSA) is 130 Å². The highest BCUT2D eigenvalue weighted by Crippen LogP contribution is 2.21. The van der Waals surface area contributed by atoms with Crippen LogP contribution in [0.5, 0.6) is 0 Å². The molecule has 0 bridgehead atoms. The summed E-state index contributed by atoms with van der Waals surface area (Å²) in [5.41, 5.74) is -0.649. The molecule has 0 aliphatic heterocycles. The van der Waals surface area contributed by atoms with E-state index in [9.17, 15) is 19.2 Å². The van der Waals surface area contributed by atoms with E-state index in [1.54, 1.807) is 6.92 Å². The highest BCUT2D eigenvalue weighted by atomic mass is 16.5. The third kappa shape index (κ3) is 4.64. The number of nitrogens with zero attached hydrogens (tertiary/aromatic N) is 2. The van der Waals surface area contributed by atoms with Crippen molar-refractivity contribution in [3.63, 3.8) is 0 Å². The number of aryl methyl sites for hydroxylation is 1. The highest BCUT2D eigenvalue weighted by molar-refractivity contribution is 6.03. The van der Waals surface area contributed by atoms with Gasteiger partial charge in [-0.05, 0) is 19.8 Å². The van der Waals surface area contributed by atoms with E-state index in [0.29, 0.717) is 6.42 Å². The molecule has 10 heteroatoms. The maximum absolute atomic E-state index is 12.9. The van der Waals surface area contributed by atoms with Crippen LogP contribution in [0.15, 0.2) is 15.5 Å². The minimum Gasteiger partial charge on any atom is -0.467 e. The van der Waals surface area contributed by atoms with E-state index in [0.717, 1.165) is 10.9 Å². The Morgan fingerprint density at radius 3 is 2.59 bits per heavy atom. The van der Waals surface area contributed by atoms with Crippen molar-refractivity contribution in [2.45, 2.75) is 46.7 Å². The Labute approximate surface area is 167 Å². The first-order valence-corrected chi connectivity index (χ1v) is 9.27. The third-order valence-corrected chi connectivity index (χ3v) is 4.63. The Balaban J connectivity index is 2.34. The molecule has 2 aromatic rings. The van der Waals surface area contributed by atoms with Gasteiger partial charge in [0.05, 0.1) is 13.7 Å². The van der Waals surface area contributed by atoms with Crippen LogP contribution in [-0.2, 0) is 25.6 Å². The van der Waals surface area contributed by atoms with E-state index in [-0.39, 0.29) is 34.9 Å². The Hall–Kier alpha value is -3.17. The molecular formula is C19H25N3O7. The molecule has 0 radical (unpaired) electrons. The number of aromatic nitrogens is 2. The number of ether oxygens (including phenoxy) is 2. The summed E-state index contributed by atoms with van der Waals surface area (Å²) in [5, 5.41) is 2.54. The molecule has 0 fully saturated rings. The van der Waals surface area contributed by atoms with Gasteiger partial charge in [-0.25, -0.2) is 14.6 Å². The zero-order chi connectivity index (χ0) is 21.7. The fourth-order valence-corrected chi connectivity index (χ4v) is 2.87. The van der Waals surface area contributed by atoms with Gasteiger partial charge in [-0.1, -0.05) is 20.3 Å². The lowest BCUT2D eigenvalue weighted by molar-refractivity contribution is -0.146. The van der Waals surface area contributed by atoms with Crippen molar-refractivity contribution < 1.29 is 28.3 Å². The standard InChI is InChI=1S/C19H25N3O7/c1-6-10(3)15(19(26)27-5)21-12(23)8-22-9-20-16-14(17(22)24)13(11(4)29-16)18(25)28-7-2/h9-10,15H,6-8H2,1-5H3,(H,21,23)/t10-,15-/m1/s1. The monoisotopic (exact) mass is 407 g/mol. The summed E-state index contributed by atoms with van der Waals surface area (Å²) >= 11 is 0. The number of hydrogen-bond acceptors (Lipinski definition) is 8. The molecule has 1 N–H and O–H groups in total. The van der Waals surface area contributed by atoms with Crippen LogP contribution in [0.25, 0.3) is 11.1 Å². The second kappa shape index (κ2) is 9.35. The van der Waals surface area contributed by atoms with Crippen LogP contribution in [0.2, 0.25) is 0 Å². The molecule has 158 valence electrons. The van der Waals surface area contributed by atoms with E-state index in [4.69, 9.17) is 13.9 Å². The normalized spacial score (nSPS) is 13.0. The molecule has 0 spiro atoms. The minimum absolute atomic E-state index is 0.0128. The maximum Gasteiger partial charge on any atom is 0.342 e. The van der Waals surface area contributed by atoms with Gasteiger partial charge in [0.15, 0.2) is 0 Å². The van der Waals surface area contributed by atoms with Crippen LogP contribution in [0.4, 0.5) is 0 Å². The van der Waals surface area contributed by atoms with E-state index in [1.165, 1.54) is 14.0 Å². The number of nitrogens with one attached hydrogen (secondary N) is 1. The Bertz CT molecular complexity index is 976. The number of furan rings is 1. The predicted molar refractivity (Wildman–Crippen MR) is 102 cm³/mol. The summed E-state index contributed by atoms with van der Waals surface area (Å²) in [6.45, 7) is 6.60. The smallest absolute Gasteiger partial charge is 0.342 e. The maximum atomic E-state index is 12.9. The zero-order valence-corrected chi connectivity index (χ0v) is 17.1. The number of fused-ring (bicyclic) bond motifs is 1. The van der Waals surface area contributed by atoms with Gasteiger partial charge in [-0.15, -0.1) is 0 Å². The zero-order valence-electron chi connectivity index (χ0n) is 17.1. The summed E-state index contributed by atoms with van der Waals surface area (Å²) in [5.74, 6) is -1.79. The first-order chi connectivity index (χ1) is 13.7. The Kier molecular flexibility index (Phi) is 7.13. The average molecular weight is 407 g/mol. The van der Waals surface area contributed by atoms with Gasteiger partial charge in [-0.3, -0.25) is 14.2 Å². The second-order valence-corrected chi connectivity index (χ2v) is 6.57. The molecule has 0 aliphatic rings. The summed E-state index contributed by atoms with van der Waals surface area (Å²) in [7, 11) is 1.24. The van der Waals surface area contributed by atoms with Crippen LogP contribution in [0.1, 0.15) is 43.3 Å². The summed E-state index contributed by atoms with van der Waals surface area (Å²) in [4.78, 5) is 53.5. The van der Waals surface area contributed by atoms with Crippen molar-refractivity contribution in [3.05, 3.63) is 28.0 Å². The van der Waals surface area contributed by atoms with E-state index in [2.05, 4.69) is 10.3 Å². The lowest BCUT2D eigenvalue weighted by Crippen LogP contribution is -2.47. The second-order valence-electron chi connectivity index (χ2n) is 6.57. The lowest BCUT2D eigenvalue weighted by atomic mass is 9.99. The summed E-state index contributed by atoms with van der Waals surface area (Å²) in [6.07, 6.45) is 1.79. The number of methoxy groups -OCH3 is 1. The van der Waals surface area contributed by atoms with Gasteiger partial charge < -0.3 is 19.2 Å². The number of esters is 2. The van der Waals surface area contributed by atoms with Gasteiger partial charge in [0.2, 0.25) is 11.6 Å². The van der Waals surface area contributed by atoms with Gasteiger partial charge >= 0.3 is 11.9 Å². The van der Waals surface area contributed by atoms with Crippen LogP contribution in [0.3, 0.4) is 0 Å². The minimum atomic E-state index is -0.837. The Morgan fingerprint density at radius 2 is 2.00 bits per heavy atom. The largest absolute Gasteiger partial charge is 0.467 e. The lowest BCUT2D eigenvalue weighted by Gasteiger charge is -2.21. The fourth-order valence-electron chi connectivity index (χ4n) is 2.87. The van der Waals surface area contributed by atoms with Gasteiger partial charge in [0.1, 0.15) is 35.6 Å². The molecular weight excluding hydrogens is 382 g/mol. The SMILES string of the molecule is CCOC(=O)c1c(C)oc2ncn(CC(=O)N[C@@H](C(=O)OC)[C@H](C)CC)c(=O)c12. The van der Waals surface area contributed by atoms with Crippen LogP contribution in [0, 0.1) is 12.8 Å². The highest BCUT2D eigenvalue weighted by Gasteiger charge is 2.28. The molecule has 10 nitrogen and oxygen atoms in total. The molecule has 2 atom stereocenters. The molecule has 29 heavy (non-hydrogen) atoms. The van der Waals surface area contributed by atoms with Crippen molar-refractivity contribution in [1.29, 1.82) is 0 Å². The molecule has 1 amide bonds. The van der Waals surface area contributed by atoms with E-state index in [1.807, 2.05) is 13.8 Å². The van der Waals surface area contributed by atoms with Crippen LogP contribution >= 0.6 is 0 Å². The Morgan fingerprint density at radius 1 is 1.31 bits per heavy atom. The van der Waals surface area contributed by atoms with Gasteiger partial charge in [0.25, 0.3) is 5.56 Å². The molecule has 0 saturated carbocycles. The van der Waals surface area contributed by atoms with Crippen molar-refractivity contribution in [3.8, 4) is 0 Å². The predicted octanol–water partition coefficient (Wildman–Crippen LogP) is 1.18.